The van der Waals surface area contributed by atoms with Crippen LogP contribution in [0.5, 0.6) is 0 Å². The average molecular weight is 859 g/mol. The maximum Gasteiger partial charge on any atom is 0.161 e. The summed E-state index contributed by atoms with van der Waals surface area (Å²) < 4.78 is 20.8. The molecule has 0 rings (SSSR count). The summed E-state index contributed by atoms with van der Waals surface area (Å²) in [7, 11) is 0. The Hall–Kier alpha value is 0.820. The number of hydrogen-bond donors (Lipinski definition) is 0. The summed E-state index contributed by atoms with van der Waals surface area (Å²) >= 11 is 4.98. The Balaban J connectivity index is 3.83. The zero-order valence-corrected chi connectivity index (χ0v) is 34.4. The van der Waals surface area contributed by atoms with E-state index in [0.29, 0.717) is 13.2 Å². The number of alkyl halides is 2. The van der Waals surface area contributed by atoms with E-state index in [4.69, 9.17) is 14.2 Å². The average Bonchev–Trinajstić information content (AvgIpc) is 3.04. The topological polar surface area (TPSA) is 27.7 Å². The molecule has 0 aromatic heterocycles. The van der Waals surface area contributed by atoms with Gasteiger partial charge in [0.05, 0.1) is 0 Å². The first-order valence-electron chi connectivity index (χ1n) is 19.6. The molecule has 0 radical (unpaired) electrons. The van der Waals surface area contributed by atoms with Gasteiger partial charge in [-0.1, -0.05) is 185 Å². The first-order valence-corrected chi connectivity index (χ1v) is 22.6. The molecule has 2 atom stereocenters. The second-order valence-electron chi connectivity index (χ2n) is 12.7. The van der Waals surface area contributed by atoms with Crippen LogP contribution >= 0.6 is 45.2 Å². The van der Waals surface area contributed by atoms with Crippen molar-refractivity contribution in [2.75, 3.05) is 22.1 Å². The lowest BCUT2D eigenvalue weighted by Crippen LogP contribution is -2.27. The minimum absolute atomic E-state index is 0.188. The molecule has 0 bridgehead atoms. The summed E-state index contributed by atoms with van der Waals surface area (Å²) in [4.78, 5) is 0. The highest BCUT2D eigenvalue weighted by molar-refractivity contribution is 14.1. The monoisotopic (exact) mass is 858 g/mol. The predicted octanol–water partition coefficient (Wildman–Crippen LogP) is 14.6. The van der Waals surface area contributed by atoms with Gasteiger partial charge in [0.2, 0.25) is 0 Å². The fraction of sp³-hybridized carbons (Fsp3) is 0.900. The van der Waals surface area contributed by atoms with E-state index in [1.54, 1.807) is 0 Å². The van der Waals surface area contributed by atoms with Gasteiger partial charge in [-0.05, 0) is 74.1 Å². The lowest BCUT2D eigenvalue weighted by atomic mass is 10.1. The molecule has 0 fully saturated rings. The van der Waals surface area contributed by atoms with Gasteiger partial charge < -0.3 is 14.2 Å². The highest BCUT2D eigenvalue weighted by Gasteiger charge is 2.16. The molecule has 0 saturated heterocycles. The molecular weight excluding hydrogens is 782 g/mol. The number of hydrogen-bond acceptors (Lipinski definition) is 3. The van der Waals surface area contributed by atoms with Gasteiger partial charge in [-0.2, -0.15) is 0 Å². The van der Waals surface area contributed by atoms with Crippen molar-refractivity contribution in [1.29, 1.82) is 0 Å². The molecule has 45 heavy (non-hydrogen) atoms. The molecular formula is C40H76I2O3. The van der Waals surface area contributed by atoms with Gasteiger partial charge >= 0.3 is 0 Å². The van der Waals surface area contributed by atoms with Gasteiger partial charge in [0, 0.05) is 26.1 Å². The van der Waals surface area contributed by atoms with E-state index in [-0.39, 0.29) is 12.6 Å². The molecule has 0 aromatic carbocycles. The second-order valence-corrected chi connectivity index (χ2v) is 14.9. The predicted molar refractivity (Wildman–Crippen MR) is 217 cm³/mol. The van der Waals surface area contributed by atoms with Crippen LogP contribution in [-0.4, -0.2) is 34.6 Å². The van der Waals surface area contributed by atoms with Gasteiger partial charge in [0.25, 0.3) is 0 Å². The third kappa shape index (κ3) is 37.5. The molecule has 2 unspecified atom stereocenters. The Bertz CT molecular complexity index is 548. The summed E-state index contributed by atoms with van der Waals surface area (Å²) in [5.74, 6) is 0. The van der Waals surface area contributed by atoms with E-state index in [2.05, 4.69) is 69.5 Å². The Labute approximate surface area is 309 Å². The quantitative estimate of drug-likeness (QED) is 0.0204. The minimum atomic E-state index is -0.188. The molecule has 0 N–H and O–H groups in total. The fourth-order valence-electron chi connectivity index (χ4n) is 5.75. The lowest BCUT2D eigenvalue weighted by Gasteiger charge is -2.24. The van der Waals surface area contributed by atoms with Crippen LogP contribution in [0.3, 0.4) is 0 Å². The van der Waals surface area contributed by atoms with Crippen LogP contribution in [0, 0.1) is 0 Å². The van der Waals surface area contributed by atoms with Crippen molar-refractivity contribution in [3.63, 3.8) is 0 Å². The van der Waals surface area contributed by atoms with Crippen LogP contribution in [0.1, 0.15) is 194 Å². The fourth-order valence-corrected chi connectivity index (χ4v) is 6.83. The minimum Gasteiger partial charge on any atom is -0.353 e. The number of rotatable bonds is 38. The van der Waals surface area contributed by atoms with Crippen molar-refractivity contribution >= 4 is 45.2 Å². The highest BCUT2D eigenvalue weighted by Crippen LogP contribution is 2.16. The molecule has 268 valence electrons. The first-order chi connectivity index (χ1) is 22.3. The van der Waals surface area contributed by atoms with Crippen LogP contribution in [0.4, 0.5) is 0 Å². The van der Waals surface area contributed by atoms with Crippen LogP contribution in [0.15, 0.2) is 24.3 Å². The molecule has 0 aromatic rings. The second kappa shape index (κ2) is 41.0. The number of allylic oxidation sites excluding steroid dienone is 4. The van der Waals surface area contributed by atoms with Crippen molar-refractivity contribution in [2.24, 2.45) is 0 Å². The molecule has 0 aliphatic carbocycles. The first kappa shape index (κ1) is 45.8. The number of ether oxygens (including phenoxy) is 3. The standard InChI is InChI=1S/C40H76I2O3/c1-3-43-39(35-31-27-23-19-15-11-7-5-9-13-17-21-25-29-33-37-41)45-40(44-4-2)36-32-28-24-20-16-12-8-6-10-14-18-22-26-30-34-38-42/h23-24,27-28,39-40H,3-22,25-26,29-38H2,1-2H3. The van der Waals surface area contributed by atoms with Crippen molar-refractivity contribution < 1.29 is 14.2 Å². The molecule has 0 heterocycles. The third-order valence-electron chi connectivity index (χ3n) is 8.49. The van der Waals surface area contributed by atoms with Crippen molar-refractivity contribution in [1.82, 2.24) is 0 Å². The van der Waals surface area contributed by atoms with Gasteiger partial charge in [-0.15, -0.1) is 0 Å². The molecule has 3 nitrogen and oxygen atoms in total. The zero-order valence-electron chi connectivity index (χ0n) is 30.1. The summed E-state index contributed by atoms with van der Waals surface area (Å²) in [6, 6.07) is 0. The summed E-state index contributed by atoms with van der Waals surface area (Å²) in [5, 5.41) is 0. The van der Waals surface area contributed by atoms with Gasteiger partial charge in [0.15, 0.2) is 12.6 Å². The van der Waals surface area contributed by atoms with Crippen LogP contribution in [0.25, 0.3) is 0 Å². The van der Waals surface area contributed by atoms with Gasteiger partial charge in [-0.3, -0.25) is 0 Å². The molecule has 0 aliphatic heterocycles. The maximum absolute atomic E-state index is 6.27. The normalized spacial score (nSPS) is 13.4. The van der Waals surface area contributed by atoms with Gasteiger partial charge in [0.1, 0.15) is 0 Å². The Morgan fingerprint density at radius 2 is 0.644 bits per heavy atom. The van der Waals surface area contributed by atoms with Gasteiger partial charge in [-0.25, -0.2) is 0 Å². The zero-order chi connectivity index (χ0) is 32.7. The Kier molecular flexibility index (Phi) is 41.7. The van der Waals surface area contributed by atoms with Crippen molar-refractivity contribution in [2.45, 2.75) is 206 Å². The summed E-state index contributed by atoms with van der Waals surface area (Å²) in [5.41, 5.74) is 0. The van der Waals surface area contributed by atoms with Crippen LogP contribution in [-0.2, 0) is 14.2 Å². The lowest BCUT2D eigenvalue weighted by molar-refractivity contribution is -0.246. The SMILES string of the molecule is CCOC(CCC=CCCCCCCCCCCCCCI)OC(CCC=CCCCCCCCCCCCCCI)OCC. The van der Waals surface area contributed by atoms with Crippen molar-refractivity contribution in [3.05, 3.63) is 24.3 Å². The molecule has 0 saturated carbocycles. The van der Waals surface area contributed by atoms with E-state index in [1.165, 1.54) is 163 Å². The third-order valence-corrected chi connectivity index (χ3v) is 10.0. The smallest absolute Gasteiger partial charge is 0.161 e. The van der Waals surface area contributed by atoms with E-state index in [0.717, 1.165) is 25.7 Å². The Morgan fingerprint density at radius 1 is 0.378 bits per heavy atom. The van der Waals surface area contributed by atoms with Crippen molar-refractivity contribution in [3.8, 4) is 0 Å². The highest BCUT2D eigenvalue weighted by atomic mass is 127. The molecule has 0 aliphatic rings. The van der Waals surface area contributed by atoms with E-state index < -0.39 is 0 Å². The number of halogens is 2. The summed E-state index contributed by atoms with van der Waals surface area (Å²) in [6.45, 7) is 5.44. The molecule has 5 heteroatoms. The maximum atomic E-state index is 6.27. The molecule has 0 amide bonds. The van der Waals surface area contributed by atoms with Crippen LogP contribution < -0.4 is 0 Å². The number of unbranched alkanes of at least 4 members (excludes halogenated alkanes) is 22. The molecule has 0 spiro atoms. The Morgan fingerprint density at radius 3 is 0.933 bits per heavy atom. The summed E-state index contributed by atoms with van der Waals surface area (Å²) in [6.07, 6.45) is 46.2. The van der Waals surface area contributed by atoms with E-state index >= 15 is 0 Å². The van der Waals surface area contributed by atoms with Crippen LogP contribution in [0.2, 0.25) is 0 Å². The largest absolute Gasteiger partial charge is 0.353 e. The van der Waals surface area contributed by atoms with E-state index in [9.17, 15) is 0 Å². The van der Waals surface area contributed by atoms with E-state index in [1.807, 2.05) is 13.8 Å².